The van der Waals surface area contributed by atoms with Gasteiger partial charge in [-0.3, -0.25) is 9.59 Å². The van der Waals surface area contributed by atoms with E-state index < -0.39 is 33.4 Å². The number of nitrogens with zero attached hydrogens (tertiary/aromatic N) is 1. The monoisotopic (exact) mass is 577 g/mol. The Hall–Kier alpha value is -1.99. The highest BCUT2D eigenvalue weighted by Gasteiger charge is 2.49. The molecule has 38 heavy (non-hydrogen) atoms. The largest absolute Gasteiger partial charge is 0.300 e. The lowest BCUT2D eigenvalue weighted by Crippen LogP contribution is -2.45. The molecule has 5 nitrogen and oxygen atoms in total. The second-order valence-electron chi connectivity index (χ2n) is 11.7. The summed E-state index contributed by atoms with van der Waals surface area (Å²) in [4.78, 5) is 26.5. The first-order valence-electron chi connectivity index (χ1n) is 12.8. The minimum Gasteiger partial charge on any atom is -0.300 e. The second-order valence-corrected chi connectivity index (χ2v) is 14.3. The Morgan fingerprint density at radius 3 is 2.18 bits per heavy atom. The van der Waals surface area contributed by atoms with Crippen LogP contribution in [0.2, 0.25) is 10.0 Å². The van der Waals surface area contributed by atoms with Gasteiger partial charge in [0.15, 0.2) is 5.78 Å². The summed E-state index contributed by atoms with van der Waals surface area (Å²) in [5, 5.41) is 0.601. The average Bonchev–Trinajstić information content (AvgIpc) is 3.22. The third-order valence-corrected chi connectivity index (χ3v) is 9.79. The average molecular weight is 579 g/mol. The molecule has 0 amide bonds. The molecule has 0 aliphatic carbocycles. The lowest BCUT2D eigenvalue weighted by atomic mass is 9.85. The van der Waals surface area contributed by atoms with Crippen molar-refractivity contribution in [1.82, 2.24) is 4.31 Å². The minimum atomic E-state index is -4.07. The molecule has 0 aromatic heterocycles. The van der Waals surface area contributed by atoms with Gasteiger partial charge < -0.3 is 0 Å². The molecule has 2 aromatic carbocycles. The molecule has 0 fully saturated rings. The highest BCUT2D eigenvalue weighted by atomic mass is 35.5. The van der Waals surface area contributed by atoms with Crippen molar-refractivity contribution >= 4 is 44.8 Å². The highest BCUT2D eigenvalue weighted by Crippen LogP contribution is 2.48. The van der Waals surface area contributed by atoms with Crippen LogP contribution in [0.5, 0.6) is 0 Å². The number of aryl methyl sites for hydroxylation is 1. The van der Waals surface area contributed by atoms with Crippen LogP contribution < -0.4 is 0 Å². The van der Waals surface area contributed by atoms with E-state index in [9.17, 15) is 18.0 Å². The van der Waals surface area contributed by atoms with Crippen LogP contribution in [0.25, 0.3) is 0 Å². The van der Waals surface area contributed by atoms with Crippen LogP contribution in [0, 0.1) is 24.2 Å². The van der Waals surface area contributed by atoms with Crippen LogP contribution in [0.15, 0.2) is 59.0 Å². The van der Waals surface area contributed by atoms with Crippen molar-refractivity contribution in [3.8, 4) is 0 Å². The van der Waals surface area contributed by atoms with Gasteiger partial charge in [-0.1, -0.05) is 88.2 Å². The van der Waals surface area contributed by atoms with E-state index in [1.807, 2.05) is 34.6 Å². The number of benzene rings is 2. The number of hydrogen-bond donors (Lipinski definition) is 0. The van der Waals surface area contributed by atoms with Crippen molar-refractivity contribution in [2.45, 2.75) is 78.3 Å². The normalized spacial score (nSPS) is 19.5. The summed E-state index contributed by atoms with van der Waals surface area (Å²) in [6, 6.07) is 10.2. The van der Waals surface area contributed by atoms with E-state index in [2.05, 4.69) is 0 Å². The van der Waals surface area contributed by atoms with Crippen molar-refractivity contribution in [3.63, 3.8) is 0 Å². The van der Waals surface area contributed by atoms with Gasteiger partial charge in [-0.05, 0) is 60.9 Å². The first kappa shape index (κ1) is 30.6. The Labute approximate surface area is 237 Å². The minimum absolute atomic E-state index is 0.0201. The standard InChI is InChI=1S/C30H37Cl2NO4S/c1-18(2)14-22(20(4)34)16-26(35)23-17-28(30(5,6)7)33(29(23)21-12-13-24(31)25(32)15-21)38(36,37)27-11-9-8-10-19(27)3/h8-13,15,17-18,22,28-29H,14,16H2,1-7H3/t22-,28+,29?/m1/s1. The molecule has 8 heteroatoms. The molecule has 1 aliphatic heterocycles. The Bertz CT molecular complexity index is 1360. The van der Waals surface area contributed by atoms with Crippen LogP contribution in [0.3, 0.4) is 0 Å². The number of hydrogen-bond acceptors (Lipinski definition) is 4. The zero-order valence-electron chi connectivity index (χ0n) is 23.1. The first-order chi connectivity index (χ1) is 17.6. The highest BCUT2D eigenvalue weighted by molar-refractivity contribution is 7.89. The first-order valence-corrected chi connectivity index (χ1v) is 15.0. The van der Waals surface area contributed by atoms with Gasteiger partial charge in [0.25, 0.3) is 0 Å². The number of carbonyl (C=O) groups excluding carboxylic acids is 2. The van der Waals surface area contributed by atoms with E-state index in [1.165, 1.54) is 11.2 Å². The molecule has 0 saturated heterocycles. The third kappa shape index (κ3) is 6.41. The molecule has 0 N–H and O–H groups in total. The molecule has 1 aliphatic rings. The van der Waals surface area contributed by atoms with Gasteiger partial charge in [0.05, 0.1) is 21.0 Å². The molecule has 2 aromatic rings. The van der Waals surface area contributed by atoms with E-state index >= 15 is 0 Å². The molecule has 0 spiro atoms. The Morgan fingerprint density at radius 1 is 1.03 bits per heavy atom. The molecule has 0 saturated carbocycles. The molecule has 206 valence electrons. The fourth-order valence-corrected chi connectivity index (χ4v) is 7.52. The molecular formula is C30H37Cl2NO4S. The molecule has 0 bridgehead atoms. The zero-order valence-corrected chi connectivity index (χ0v) is 25.4. The van der Waals surface area contributed by atoms with E-state index in [0.717, 1.165) is 0 Å². The van der Waals surface area contributed by atoms with Crippen molar-refractivity contribution in [3.05, 3.63) is 75.3 Å². The van der Waals surface area contributed by atoms with Gasteiger partial charge in [0.1, 0.15) is 5.78 Å². The summed E-state index contributed by atoms with van der Waals surface area (Å²) < 4.78 is 30.2. The zero-order chi connectivity index (χ0) is 28.6. The topological polar surface area (TPSA) is 71.5 Å². The maximum Gasteiger partial charge on any atom is 0.244 e. The molecule has 1 heterocycles. The Morgan fingerprint density at radius 2 is 1.66 bits per heavy atom. The van der Waals surface area contributed by atoms with Crippen LogP contribution in [-0.4, -0.2) is 30.3 Å². The van der Waals surface area contributed by atoms with Crippen molar-refractivity contribution in [1.29, 1.82) is 0 Å². The fraction of sp³-hybridized carbons (Fsp3) is 0.467. The van der Waals surface area contributed by atoms with Crippen molar-refractivity contribution < 1.29 is 18.0 Å². The Kier molecular flexibility index (Phi) is 9.35. The Balaban J connectivity index is 2.24. The summed E-state index contributed by atoms with van der Waals surface area (Å²) in [6.07, 6.45) is 2.38. The fourth-order valence-electron chi connectivity index (χ4n) is 5.07. The molecule has 3 rings (SSSR count). The number of rotatable bonds is 9. The predicted molar refractivity (Wildman–Crippen MR) is 154 cm³/mol. The summed E-state index contributed by atoms with van der Waals surface area (Å²) >= 11 is 12.6. The summed E-state index contributed by atoms with van der Waals surface area (Å²) in [5.74, 6) is -0.486. The molecular weight excluding hydrogens is 541 g/mol. The third-order valence-electron chi connectivity index (χ3n) is 7.04. The van der Waals surface area contributed by atoms with Crippen LogP contribution >= 0.6 is 23.2 Å². The number of ketones is 2. The lowest BCUT2D eigenvalue weighted by Gasteiger charge is -2.37. The van der Waals surface area contributed by atoms with Gasteiger partial charge in [0, 0.05) is 24.0 Å². The van der Waals surface area contributed by atoms with Gasteiger partial charge in [-0.25, -0.2) is 8.42 Å². The number of carbonyl (C=O) groups is 2. The predicted octanol–water partition coefficient (Wildman–Crippen LogP) is 7.60. The van der Waals surface area contributed by atoms with Gasteiger partial charge in [-0.15, -0.1) is 0 Å². The van der Waals surface area contributed by atoms with E-state index in [1.54, 1.807) is 55.5 Å². The van der Waals surface area contributed by atoms with Crippen LogP contribution in [-0.2, 0) is 19.6 Å². The van der Waals surface area contributed by atoms with E-state index in [4.69, 9.17) is 23.2 Å². The molecule has 1 unspecified atom stereocenters. The summed E-state index contributed by atoms with van der Waals surface area (Å²) in [6.45, 7) is 13.1. The summed E-state index contributed by atoms with van der Waals surface area (Å²) in [7, 11) is -4.07. The van der Waals surface area contributed by atoms with Gasteiger partial charge in [0.2, 0.25) is 10.0 Å². The molecule has 0 radical (unpaired) electrons. The maximum absolute atomic E-state index is 14.4. The van der Waals surface area contributed by atoms with Crippen LogP contribution in [0.4, 0.5) is 0 Å². The summed E-state index contributed by atoms with van der Waals surface area (Å²) in [5.41, 5.74) is 0.979. The SMILES string of the molecule is CC(=O)[C@@H](CC(=O)C1=C[C@@H](C(C)(C)C)N(S(=O)(=O)c2ccccc2C)C1c1ccc(Cl)c(Cl)c1)CC(C)C. The number of halogens is 2. The number of Topliss-reactive ketones (excluding diaryl/α,β-unsaturated/α-hetero) is 2. The second kappa shape index (κ2) is 11.6. The van der Waals surface area contributed by atoms with Crippen LogP contribution in [0.1, 0.15) is 71.6 Å². The van der Waals surface area contributed by atoms with Crippen molar-refractivity contribution in [2.75, 3.05) is 0 Å². The quantitative estimate of drug-likeness (QED) is 0.307. The van der Waals surface area contributed by atoms with E-state index in [0.29, 0.717) is 28.1 Å². The lowest BCUT2D eigenvalue weighted by molar-refractivity contribution is -0.125. The van der Waals surface area contributed by atoms with Gasteiger partial charge in [-0.2, -0.15) is 4.31 Å². The van der Waals surface area contributed by atoms with E-state index in [-0.39, 0.29) is 33.8 Å². The number of sulfonamides is 1. The molecule has 3 atom stereocenters. The maximum atomic E-state index is 14.4. The van der Waals surface area contributed by atoms with Gasteiger partial charge >= 0.3 is 0 Å². The van der Waals surface area contributed by atoms with Crippen molar-refractivity contribution in [2.24, 2.45) is 17.3 Å². The smallest absolute Gasteiger partial charge is 0.244 e.